The van der Waals surface area contributed by atoms with Crippen molar-refractivity contribution in [3.05, 3.63) is 64.7 Å². The first-order chi connectivity index (χ1) is 14.6. The molecule has 1 aliphatic heterocycles. The molecule has 160 valence electrons. The third kappa shape index (κ3) is 4.75. The van der Waals surface area contributed by atoms with Gasteiger partial charge in [0.25, 0.3) is 0 Å². The van der Waals surface area contributed by atoms with Gasteiger partial charge < -0.3 is 10.8 Å². The Labute approximate surface area is 182 Å². The van der Waals surface area contributed by atoms with Crippen molar-refractivity contribution in [3.8, 4) is 6.07 Å². The average Bonchev–Trinajstić information content (AvgIpc) is 2.85. The molecule has 2 unspecified atom stereocenters. The van der Waals surface area contributed by atoms with Gasteiger partial charge in [-0.1, -0.05) is 24.8 Å². The van der Waals surface area contributed by atoms with Gasteiger partial charge in [-0.05, 0) is 55.2 Å². The molecule has 1 aromatic carbocycles. The number of amidine groups is 1. The van der Waals surface area contributed by atoms with Crippen LogP contribution in [0.3, 0.4) is 0 Å². The summed E-state index contributed by atoms with van der Waals surface area (Å²) in [5.74, 6) is -2.54. The van der Waals surface area contributed by atoms with Crippen molar-refractivity contribution in [3.63, 3.8) is 0 Å². The van der Waals surface area contributed by atoms with Gasteiger partial charge in [0.1, 0.15) is 23.0 Å². The molecular formula is C22H20F2N4O2S. The Morgan fingerprint density at radius 3 is 2.77 bits per heavy atom. The van der Waals surface area contributed by atoms with E-state index in [9.17, 15) is 18.7 Å². The van der Waals surface area contributed by atoms with E-state index in [0.29, 0.717) is 11.1 Å². The van der Waals surface area contributed by atoms with Gasteiger partial charge in [0.05, 0.1) is 16.8 Å². The molecule has 0 bridgehead atoms. The number of carboxylic acid groups (broad SMARTS) is 1. The number of nitriles is 1. The summed E-state index contributed by atoms with van der Waals surface area (Å²) >= 11 is 0.940. The summed E-state index contributed by atoms with van der Waals surface area (Å²) in [6, 6.07) is 8.88. The van der Waals surface area contributed by atoms with Crippen molar-refractivity contribution in [1.82, 2.24) is 4.98 Å². The standard InChI is InChI=1S/C22H20F2N4O2S/c1-12-7-19(20(29)30)31-21(26)28-22(12,2)15-8-13(3-5-16(15)23)9-17(24)18-6-4-14(10-25)11-27-18/h3-6,8-9,11-12,19H,7H2,1-2H3,(H2,26,28)(H,29,30)/b17-9-/t12?,19?,22-/m0/s1. The molecule has 1 aliphatic rings. The monoisotopic (exact) mass is 442 g/mol. The zero-order valence-corrected chi connectivity index (χ0v) is 17.7. The van der Waals surface area contributed by atoms with Gasteiger partial charge >= 0.3 is 5.97 Å². The first-order valence-corrected chi connectivity index (χ1v) is 10.3. The summed E-state index contributed by atoms with van der Waals surface area (Å²) in [6.07, 6.45) is 2.72. The lowest BCUT2D eigenvalue weighted by atomic mass is 9.78. The molecule has 0 fully saturated rings. The maximum absolute atomic E-state index is 14.8. The number of nitrogens with two attached hydrogens (primary N) is 1. The summed E-state index contributed by atoms with van der Waals surface area (Å²) < 4.78 is 29.5. The van der Waals surface area contributed by atoms with Crippen LogP contribution in [0.5, 0.6) is 0 Å². The molecule has 0 amide bonds. The van der Waals surface area contributed by atoms with Gasteiger partial charge in [-0.2, -0.15) is 5.26 Å². The fraction of sp³-hybridized carbons (Fsp3) is 0.273. The number of carboxylic acids is 1. The number of hydrogen-bond donors (Lipinski definition) is 2. The van der Waals surface area contributed by atoms with Crippen molar-refractivity contribution in [2.75, 3.05) is 0 Å². The zero-order chi connectivity index (χ0) is 22.8. The van der Waals surface area contributed by atoms with Crippen LogP contribution < -0.4 is 5.73 Å². The lowest BCUT2D eigenvalue weighted by Gasteiger charge is -2.32. The van der Waals surface area contributed by atoms with E-state index in [2.05, 4.69) is 9.98 Å². The van der Waals surface area contributed by atoms with Gasteiger partial charge in [0.2, 0.25) is 0 Å². The normalized spacial score (nSPS) is 24.1. The molecule has 3 rings (SSSR count). The molecule has 1 aromatic heterocycles. The van der Waals surface area contributed by atoms with E-state index < -0.39 is 28.4 Å². The predicted octanol–water partition coefficient (Wildman–Crippen LogP) is 4.32. The number of rotatable bonds is 4. The third-order valence-electron chi connectivity index (χ3n) is 5.37. The van der Waals surface area contributed by atoms with Gasteiger partial charge in [-0.15, -0.1) is 0 Å². The number of aliphatic carboxylic acids is 1. The first-order valence-electron chi connectivity index (χ1n) is 9.42. The highest BCUT2D eigenvalue weighted by atomic mass is 32.2. The van der Waals surface area contributed by atoms with E-state index in [-0.39, 0.29) is 28.8 Å². The number of hydrogen-bond acceptors (Lipinski definition) is 6. The molecule has 3 N–H and O–H groups in total. The van der Waals surface area contributed by atoms with Crippen molar-refractivity contribution in [1.29, 1.82) is 5.26 Å². The fourth-order valence-electron chi connectivity index (χ4n) is 3.43. The van der Waals surface area contributed by atoms with Crippen LogP contribution in [-0.4, -0.2) is 26.5 Å². The lowest BCUT2D eigenvalue weighted by Crippen LogP contribution is -2.32. The third-order valence-corrected chi connectivity index (χ3v) is 6.39. The van der Waals surface area contributed by atoms with Crippen molar-refractivity contribution in [2.45, 2.75) is 31.1 Å². The zero-order valence-electron chi connectivity index (χ0n) is 16.8. The number of aromatic nitrogens is 1. The number of nitrogens with zero attached hydrogens (tertiary/aromatic N) is 3. The molecular weight excluding hydrogens is 422 g/mol. The molecule has 2 aromatic rings. The van der Waals surface area contributed by atoms with E-state index in [1.807, 2.05) is 6.07 Å². The number of halogens is 2. The summed E-state index contributed by atoms with van der Waals surface area (Å²) in [5.41, 5.74) is 5.74. The van der Waals surface area contributed by atoms with E-state index in [1.165, 1.54) is 42.6 Å². The summed E-state index contributed by atoms with van der Waals surface area (Å²) in [7, 11) is 0. The number of thioether (sulfide) groups is 1. The quantitative estimate of drug-likeness (QED) is 0.729. The van der Waals surface area contributed by atoms with E-state index >= 15 is 0 Å². The fourth-order valence-corrected chi connectivity index (χ4v) is 4.45. The SMILES string of the molecule is CC1CC(C(=O)O)SC(N)=N[C@]1(C)c1cc(/C=C(\F)c2ccc(C#N)cn2)ccc1F. The van der Waals surface area contributed by atoms with Crippen LogP contribution in [0, 0.1) is 23.1 Å². The van der Waals surface area contributed by atoms with Crippen molar-refractivity contribution in [2.24, 2.45) is 16.6 Å². The summed E-state index contributed by atoms with van der Waals surface area (Å²) in [5, 5.41) is 17.5. The Morgan fingerprint density at radius 1 is 1.42 bits per heavy atom. The number of pyridine rings is 1. The van der Waals surface area contributed by atoms with Crippen LogP contribution >= 0.6 is 11.8 Å². The van der Waals surface area contributed by atoms with Crippen LogP contribution in [0.15, 0.2) is 41.5 Å². The summed E-state index contributed by atoms with van der Waals surface area (Å²) in [6.45, 7) is 3.49. The molecule has 9 heteroatoms. The van der Waals surface area contributed by atoms with Crippen LogP contribution in [0.1, 0.15) is 42.7 Å². The molecule has 3 atom stereocenters. The Morgan fingerprint density at radius 2 is 2.16 bits per heavy atom. The van der Waals surface area contributed by atoms with E-state index in [1.54, 1.807) is 13.8 Å². The molecule has 0 aliphatic carbocycles. The van der Waals surface area contributed by atoms with Crippen LogP contribution in [-0.2, 0) is 10.3 Å². The van der Waals surface area contributed by atoms with Crippen molar-refractivity contribution >= 4 is 34.8 Å². The minimum atomic E-state index is -1.13. The number of benzene rings is 1. The second kappa shape index (κ2) is 8.86. The van der Waals surface area contributed by atoms with Gasteiger partial charge in [0, 0.05) is 11.8 Å². The highest BCUT2D eigenvalue weighted by Crippen LogP contribution is 2.42. The van der Waals surface area contributed by atoms with Gasteiger partial charge in [0.15, 0.2) is 5.17 Å². The Bertz CT molecular complexity index is 1110. The minimum absolute atomic E-state index is 0.0434. The molecule has 0 spiro atoms. The van der Waals surface area contributed by atoms with E-state index in [0.717, 1.165) is 11.8 Å². The smallest absolute Gasteiger partial charge is 0.317 e. The second-order valence-corrected chi connectivity index (χ2v) is 8.68. The van der Waals surface area contributed by atoms with Crippen LogP contribution in [0.25, 0.3) is 11.9 Å². The molecule has 0 saturated heterocycles. The topological polar surface area (TPSA) is 112 Å². The molecule has 0 radical (unpaired) electrons. The Kier molecular flexibility index (Phi) is 6.41. The number of carbonyl (C=O) groups is 1. The molecule has 2 heterocycles. The van der Waals surface area contributed by atoms with Crippen molar-refractivity contribution < 1.29 is 18.7 Å². The van der Waals surface area contributed by atoms with Crippen LogP contribution in [0.2, 0.25) is 0 Å². The Balaban J connectivity index is 2.01. The van der Waals surface area contributed by atoms with Gasteiger partial charge in [-0.25, -0.2) is 8.78 Å². The first kappa shape index (κ1) is 22.4. The maximum atomic E-state index is 14.8. The molecule has 31 heavy (non-hydrogen) atoms. The lowest BCUT2D eigenvalue weighted by molar-refractivity contribution is -0.136. The van der Waals surface area contributed by atoms with Crippen LogP contribution in [0.4, 0.5) is 8.78 Å². The van der Waals surface area contributed by atoms with E-state index in [4.69, 9.17) is 11.0 Å². The molecule has 0 saturated carbocycles. The Hall–Kier alpha value is -3.25. The minimum Gasteiger partial charge on any atom is -0.480 e. The highest BCUT2D eigenvalue weighted by Gasteiger charge is 2.41. The maximum Gasteiger partial charge on any atom is 0.317 e. The predicted molar refractivity (Wildman–Crippen MR) is 116 cm³/mol. The average molecular weight is 442 g/mol. The molecule has 6 nitrogen and oxygen atoms in total. The second-order valence-electron chi connectivity index (χ2n) is 7.45. The largest absolute Gasteiger partial charge is 0.480 e. The van der Waals surface area contributed by atoms with Gasteiger partial charge in [-0.3, -0.25) is 14.8 Å². The number of aliphatic imine (C=N–C) groups is 1. The highest BCUT2D eigenvalue weighted by molar-refractivity contribution is 8.14. The summed E-state index contributed by atoms with van der Waals surface area (Å²) in [4.78, 5) is 19.8.